The van der Waals surface area contributed by atoms with Crippen LogP contribution in [0.3, 0.4) is 0 Å². The summed E-state index contributed by atoms with van der Waals surface area (Å²) < 4.78 is 5.65. The second-order valence-electron chi connectivity index (χ2n) is 5.25. The molecule has 0 aliphatic carbocycles. The Morgan fingerprint density at radius 2 is 2.13 bits per heavy atom. The van der Waals surface area contributed by atoms with Gasteiger partial charge in [-0.05, 0) is 40.5 Å². The standard InChI is InChI=1S/C11H23N3O/c1-8-5-6-9(15-8)7-13-10(12)14-11(2,3)4/h8-9H,5-7H2,1-4H3,(H3,12,13,14). The van der Waals surface area contributed by atoms with Crippen molar-refractivity contribution in [3.05, 3.63) is 0 Å². The molecule has 2 unspecified atom stereocenters. The highest BCUT2D eigenvalue weighted by Gasteiger charge is 2.21. The maximum Gasteiger partial charge on any atom is 0.189 e. The van der Waals surface area contributed by atoms with Gasteiger partial charge in [-0.1, -0.05) is 0 Å². The number of aliphatic imine (C=N–C) groups is 1. The second kappa shape index (κ2) is 4.84. The Morgan fingerprint density at radius 3 is 2.60 bits per heavy atom. The molecule has 0 saturated carbocycles. The monoisotopic (exact) mass is 213 g/mol. The first-order valence-electron chi connectivity index (χ1n) is 5.60. The van der Waals surface area contributed by atoms with Gasteiger partial charge in [-0.15, -0.1) is 0 Å². The number of guanidine groups is 1. The van der Waals surface area contributed by atoms with E-state index in [-0.39, 0.29) is 11.6 Å². The zero-order valence-electron chi connectivity index (χ0n) is 10.2. The van der Waals surface area contributed by atoms with Crippen LogP contribution in [0.5, 0.6) is 0 Å². The molecule has 0 spiro atoms. The van der Waals surface area contributed by atoms with Crippen molar-refractivity contribution in [2.75, 3.05) is 6.54 Å². The first-order valence-corrected chi connectivity index (χ1v) is 5.60. The number of hydrogen-bond donors (Lipinski definition) is 2. The average molecular weight is 213 g/mol. The molecule has 0 amide bonds. The van der Waals surface area contributed by atoms with Gasteiger partial charge in [0, 0.05) is 5.54 Å². The fraction of sp³-hybridized carbons (Fsp3) is 0.909. The van der Waals surface area contributed by atoms with Gasteiger partial charge in [0.2, 0.25) is 0 Å². The molecule has 1 heterocycles. The van der Waals surface area contributed by atoms with E-state index in [1.807, 2.05) is 0 Å². The summed E-state index contributed by atoms with van der Waals surface area (Å²) in [6.07, 6.45) is 2.85. The Kier molecular flexibility index (Phi) is 3.97. The molecule has 0 aromatic rings. The average Bonchev–Trinajstić information content (AvgIpc) is 2.45. The number of nitrogens with two attached hydrogens (primary N) is 1. The summed E-state index contributed by atoms with van der Waals surface area (Å²) in [5, 5.41) is 3.13. The normalized spacial score (nSPS) is 28.1. The number of nitrogens with one attached hydrogen (secondary N) is 1. The van der Waals surface area contributed by atoms with Crippen molar-refractivity contribution in [3.8, 4) is 0 Å². The van der Waals surface area contributed by atoms with Gasteiger partial charge in [-0.3, -0.25) is 4.99 Å². The van der Waals surface area contributed by atoms with Crippen LogP contribution >= 0.6 is 0 Å². The summed E-state index contributed by atoms with van der Waals surface area (Å²) in [4.78, 5) is 4.28. The predicted molar refractivity (Wildman–Crippen MR) is 62.9 cm³/mol. The molecular formula is C11H23N3O. The third-order valence-corrected chi connectivity index (χ3v) is 2.29. The summed E-state index contributed by atoms with van der Waals surface area (Å²) in [5.74, 6) is 0.505. The summed E-state index contributed by atoms with van der Waals surface area (Å²) in [5.41, 5.74) is 5.73. The molecular weight excluding hydrogens is 190 g/mol. The van der Waals surface area contributed by atoms with Crippen LogP contribution in [0, 0.1) is 0 Å². The molecule has 15 heavy (non-hydrogen) atoms. The summed E-state index contributed by atoms with van der Waals surface area (Å²) >= 11 is 0. The fourth-order valence-electron chi connectivity index (χ4n) is 1.64. The molecule has 1 aliphatic heterocycles. The molecule has 1 fully saturated rings. The lowest BCUT2D eigenvalue weighted by Gasteiger charge is -2.21. The van der Waals surface area contributed by atoms with E-state index in [4.69, 9.17) is 10.5 Å². The van der Waals surface area contributed by atoms with Gasteiger partial charge in [0.15, 0.2) is 5.96 Å². The molecule has 2 atom stereocenters. The van der Waals surface area contributed by atoms with Crippen LogP contribution in [0.4, 0.5) is 0 Å². The van der Waals surface area contributed by atoms with Crippen molar-refractivity contribution in [2.24, 2.45) is 10.7 Å². The van der Waals surface area contributed by atoms with Crippen molar-refractivity contribution >= 4 is 5.96 Å². The molecule has 4 nitrogen and oxygen atoms in total. The van der Waals surface area contributed by atoms with Gasteiger partial charge >= 0.3 is 0 Å². The molecule has 0 aromatic carbocycles. The van der Waals surface area contributed by atoms with E-state index in [2.05, 4.69) is 38.0 Å². The molecule has 4 heteroatoms. The summed E-state index contributed by atoms with van der Waals surface area (Å²) in [7, 11) is 0. The molecule has 88 valence electrons. The lowest BCUT2D eigenvalue weighted by atomic mass is 10.1. The van der Waals surface area contributed by atoms with Gasteiger partial charge in [0.1, 0.15) is 0 Å². The van der Waals surface area contributed by atoms with Gasteiger partial charge in [-0.25, -0.2) is 0 Å². The highest BCUT2D eigenvalue weighted by molar-refractivity contribution is 5.78. The van der Waals surface area contributed by atoms with Crippen molar-refractivity contribution in [1.29, 1.82) is 0 Å². The van der Waals surface area contributed by atoms with E-state index < -0.39 is 0 Å². The van der Waals surface area contributed by atoms with Crippen LogP contribution in [-0.4, -0.2) is 30.3 Å². The lowest BCUT2D eigenvalue weighted by molar-refractivity contribution is 0.0615. The van der Waals surface area contributed by atoms with Gasteiger partial charge in [-0.2, -0.15) is 0 Å². The van der Waals surface area contributed by atoms with Crippen molar-refractivity contribution in [3.63, 3.8) is 0 Å². The van der Waals surface area contributed by atoms with E-state index in [0.29, 0.717) is 18.6 Å². The number of nitrogens with zero attached hydrogens (tertiary/aromatic N) is 1. The van der Waals surface area contributed by atoms with E-state index >= 15 is 0 Å². The third-order valence-electron chi connectivity index (χ3n) is 2.29. The van der Waals surface area contributed by atoms with Crippen molar-refractivity contribution in [1.82, 2.24) is 5.32 Å². The molecule has 1 aliphatic rings. The van der Waals surface area contributed by atoms with Crippen LogP contribution in [0.25, 0.3) is 0 Å². The summed E-state index contributed by atoms with van der Waals surface area (Å²) in [6, 6.07) is 0. The smallest absolute Gasteiger partial charge is 0.189 e. The predicted octanol–water partition coefficient (Wildman–Crippen LogP) is 1.26. The Morgan fingerprint density at radius 1 is 1.47 bits per heavy atom. The van der Waals surface area contributed by atoms with Crippen LogP contribution < -0.4 is 11.1 Å². The Labute approximate surface area is 92.3 Å². The van der Waals surface area contributed by atoms with Crippen LogP contribution in [-0.2, 0) is 4.74 Å². The highest BCUT2D eigenvalue weighted by atomic mass is 16.5. The fourth-order valence-corrected chi connectivity index (χ4v) is 1.64. The largest absolute Gasteiger partial charge is 0.373 e. The topological polar surface area (TPSA) is 59.6 Å². The number of rotatable bonds is 2. The van der Waals surface area contributed by atoms with Crippen LogP contribution in [0.2, 0.25) is 0 Å². The van der Waals surface area contributed by atoms with E-state index in [9.17, 15) is 0 Å². The molecule has 0 radical (unpaired) electrons. The molecule has 1 saturated heterocycles. The SMILES string of the molecule is CC1CCC(CN=C(N)NC(C)(C)C)O1. The van der Waals surface area contributed by atoms with E-state index in [0.717, 1.165) is 12.8 Å². The number of ether oxygens (including phenoxy) is 1. The minimum absolute atomic E-state index is 0.0303. The Balaban J connectivity index is 2.31. The molecule has 0 bridgehead atoms. The lowest BCUT2D eigenvalue weighted by Crippen LogP contribution is -2.45. The van der Waals surface area contributed by atoms with E-state index in [1.165, 1.54) is 0 Å². The first kappa shape index (κ1) is 12.3. The van der Waals surface area contributed by atoms with E-state index in [1.54, 1.807) is 0 Å². The quantitative estimate of drug-likeness (QED) is 0.536. The summed E-state index contributed by atoms with van der Waals surface area (Å²) in [6.45, 7) is 8.94. The zero-order chi connectivity index (χ0) is 11.5. The minimum Gasteiger partial charge on any atom is -0.373 e. The third kappa shape index (κ3) is 5.02. The molecule has 3 N–H and O–H groups in total. The Bertz CT molecular complexity index is 232. The molecule has 0 aromatic heterocycles. The van der Waals surface area contributed by atoms with Gasteiger partial charge in [0.05, 0.1) is 18.8 Å². The zero-order valence-corrected chi connectivity index (χ0v) is 10.2. The number of hydrogen-bond acceptors (Lipinski definition) is 2. The first-order chi connectivity index (χ1) is 6.87. The second-order valence-corrected chi connectivity index (χ2v) is 5.25. The maximum atomic E-state index is 5.76. The van der Waals surface area contributed by atoms with Gasteiger partial charge in [0.25, 0.3) is 0 Å². The molecule has 1 rings (SSSR count). The highest BCUT2D eigenvalue weighted by Crippen LogP contribution is 2.18. The van der Waals surface area contributed by atoms with Crippen molar-refractivity contribution < 1.29 is 4.74 Å². The van der Waals surface area contributed by atoms with Crippen molar-refractivity contribution in [2.45, 2.75) is 58.3 Å². The van der Waals surface area contributed by atoms with Crippen LogP contribution in [0.1, 0.15) is 40.5 Å². The minimum atomic E-state index is -0.0303. The van der Waals surface area contributed by atoms with Gasteiger partial charge < -0.3 is 15.8 Å². The maximum absolute atomic E-state index is 5.76. The Hall–Kier alpha value is -0.770. The van der Waals surface area contributed by atoms with Crippen LogP contribution in [0.15, 0.2) is 4.99 Å².